The van der Waals surface area contributed by atoms with Crippen molar-refractivity contribution in [3.63, 3.8) is 0 Å². The lowest BCUT2D eigenvalue weighted by Crippen LogP contribution is -1.85. The average molecular weight is 135 g/mol. The van der Waals surface area contributed by atoms with E-state index in [0.29, 0.717) is 17.5 Å². The van der Waals surface area contributed by atoms with E-state index in [-0.39, 0.29) is 0 Å². The summed E-state index contributed by atoms with van der Waals surface area (Å²) in [6.07, 6.45) is 6.59. The van der Waals surface area contributed by atoms with Crippen LogP contribution in [0.25, 0.3) is 0 Å². The summed E-state index contributed by atoms with van der Waals surface area (Å²) in [5.41, 5.74) is 0.573. The first-order valence-corrected chi connectivity index (χ1v) is 3.16. The molecular weight excluding hydrogens is 126 g/mol. The van der Waals surface area contributed by atoms with Gasteiger partial charge in [-0.15, -0.1) is 6.42 Å². The predicted octanol–water partition coefficient (Wildman–Crippen LogP) is 1.78. The third-order valence-corrected chi connectivity index (χ3v) is 1.16. The lowest BCUT2D eigenvalue weighted by Gasteiger charge is -1.93. The lowest BCUT2D eigenvalue weighted by atomic mass is 10.2. The van der Waals surface area contributed by atoms with Crippen LogP contribution in [0.3, 0.4) is 0 Å². The quantitative estimate of drug-likeness (QED) is 0.548. The van der Waals surface area contributed by atoms with Gasteiger partial charge in [0.1, 0.15) is 6.26 Å². The molecular formula is C8H9NO. The number of aromatic nitrogens is 1. The van der Waals surface area contributed by atoms with Crippen molar-refractivity contribution in [1.29, 1.82) is 0 Å². The van der Waals surface area contributed by atoms with Crippen LogP contribution in [0.1, 0.15) is 31.4 Å². The van der Waals surface area contributed by atoms with Crippen LogP contribution in [0, 0.1) is 12.3 Å². The molecule has 1 rings (SSSR count). The minimum atomic E-state index is 0.307. The summed E-state index contributed by atoms with van der Waals surface area (Å²) < 4.78 is 5.06. The van der Waals surface area contributed by atoms with Crippen molar-refractivity contribution < 1.29 is 4.42 Å². The zero-order valence-corrected chi connectivity index (χ0v) is 6.09. The summed E-state index contributed by atoms with van der Waals surface area (Å²) in [5, 5.41) is 0. The highest BCUT2D eigenvalue weighted by Crippen LogP contribution is 2.11. The second kappa shape index (κ2) is 2.57. The first-order valence-electron chi connectivity index (χ1n) is 3.16. The van der Waals surface area contributed by atoms with Crippen LogP contribution >= 0.6 is 0 Å². The van der Waals surface area contributed by atoms with E-state index in [1.165, 1.54) is 6.26 Å². The molecule has 0 bridgehead atoms. The second-order valence-electron chi connectivity index (χ2n) is 2.37. The van der Waals surface area contributed by atoms with E-state index in [9.17, 15) is 0 Å². The maximum Gasteiger partial charge on any atom is 0.197 e. The summed E-state index contributed by atoms with van der Waals surface area (Å²) in [6, 6.07) is 0. The van der Waals surface area contributed by atoms with Crippen LogP contribution in [0.5, 0.6) is 0 Å². The van der Waals surface area contributed by atoms with Gasteiger partial charge in [-0.1, -0.05) is 13.8 Å². The molecule has 0 aliphatic heterocycles. The fourth-order valence-electron chi connectivity index (χ4n) is 0.619. The van der Waals surface area contributed by atoms with Crippen molar-refractivity contribution >= 4 is 0 Å². The van der Waals surface area contributed by atoms with Crippen molar-refractivity contribution in [2.75, 3.05) is 0 Å². The maximum absolute atomic E-state index is 5.09. The molecule has 1 aromatic heterocycles. The molecule has 0 saturated carbocycles. The van der Waals surface area contributed by atoms with Gasteiger partial charge in [-0.25, -0.2) is 4.98 Å². The summed E-state index contributed by atoms with van der Waals surface area (Å²) in [6.45, 7) is 4.01. The third kappa shape index (κ3) is 1.19. The van der Waals surface area contributed by atoms with Crippen molar-refractivity contribution in [3.05, 3.63) is 17.8 Å². The van der Waals surface area contributed by atoms with Crippen molar-refractivity contribution in [1.82, 2.24) is 4.98 Å². The van der Waals surface area contributed by atoms with Gasteiger partial charge in [0.05, 0.1) is 0 Å². The monoisotopic (exact) mass is 135 g/mol. The predicted molar refractivity (Wildman–Crippen MR) is 38.5 cm³/mol. The van der Waals surface area contributed by atoms with Crippen LogP contribution in [0.2, 0.25) is 0 Å². The van der Waals surface area contributed by atoms with Crippen molar-refractivity contribution in [2.45, 2.75) is 19.8 Å². The molecule has 10 heavy (non-hydrogen) atoms. The number of oxazole rings is 1. The molecule has 0 spiro atoms. The SMILES string of the molecule is C#Cc1coc(C(C)C)n1. The van der Waals surface area contributed by atoms with Crippen LogP contribution in [-0.4, -0.2) is 4.98 Å². The molecule has 0 amide bonds. The Morgan fingerprint density at radius 1 is 1.70 bits per heavy atom. The van der Waals surface area contributed by atoms with Crippen molar-refractivity contribution in [2.24, 2.45) is 0 Å². The molecule has 1 aromatic rings. The highest BCUT2D eigenvalue weighted by Gasteiger charge is 2.04. The number of terminal acetylenes is 1. The molecule has 2 nitrogen and oxygen atoms in total. The van der Waals surface area contributed by atoms with Gasteiger partial charge in [0.15, 0.2) is 11.6 Å². The fourth-order valence-corrected chi connectivity index (χ4v) is 0.619. The lowest BCUT2D eigenvalue weighted by molar-refractivity contribution is 0.471. The number of nitrogens with zero attached hydrogens (tertiary/aromatic N) is 1. The molecule has 0 saturated heterocycles. The summed E-state index contributed by atoms with van der Waals surface area (Å²) in [7, 11) is 0. The van der Waals surface area contributed by atoms with Gasteiger partial charge in [0.25, 0.3) is 0 Å². The van der Waals surface area contributed by atoms with Crippen LogP contribution in [0.15, 0.2) is 10.7 Å². The smallest absolute Gasteiger partial charge is 0.197 e. The van der Waals surface area contributed by atoms with Gasteiger partial charge in [0, 0.05) is 5.92 Å². The van der Waals surface area contributed by atoms with Crippen LogP contribution in [0.4, 0.5) is 0 Å². The minimum Gasteiger partial charge on any atom is -0.447 e. The molecule has 0 aliphatic carbocycles. The van der Waals surface area contributed by atoms with E-state index >= 15 is 0 Å². The Bertz CT molecular complexity index is 254. The summed E-state index contributed by atoms with van der Waals surface area (Å²) >= 11 is 0. The van der Waals surface area contributed by atoms with E-state index < -0.39 is 0 Å². The Balaban J connectivity index is 2.91. The van der Waals surface area contributed by atoms with Gasteiger partial charge in [-0.3, -0.25) is 0 Å². The van der Waals surface area contributed by atoms with E-state index in [0.717, 1.165) is 0 Å². The molecule has 0 N–H and O–H groups in total. The molecule has 1 heterocycles. The minimum absolute atomic E-state index is 0.307. The van der Waals surface area contributed by atoms with E-state index in [1.54, 1.807) is 0 Å². The van der Waals surface area contributed by atoms with Gasteiger partial charge < -0.3 is 4.42 Å². The highest BCUT2D eigenvalue weighted by atomic mass is 16.3. The average Bonchev–Trinajstić information content (AvgIpc) is 2.34. The molecule has 0 radical (unpaired) electrons. The Hall–Kier alpha value is -1.23. The highest BCUT2D eigenvalue weighted by molar-refractivity contribution is 5.20. The Morgan fingerprint density at radius 3 is 2.70 bits per heavy atom. The molecule has 2 heteroatoms. The van der Waals surface area contributed by atoms with Crippen LogP contribution in [-0.2, 0) is 0 Å². The van der Waals surface area contributed by atoms with Gasteiger partial charge in [-0.05, 0) is 5.92 Å². The zero-order chi connectivity index (χ0) is 7.56. The zero-order valence-electron chi connectivity index (χ0n) is 6.09. The van der Waals surface area contributed by atoms with E-state index in [2.05, 4.69) is 10.9 Å². The topological polar surface area (TPSA) is 26.0 Å². The standard InChI is InChI=1S/C8H9NO/c1-4-7-5-10-8(9-7)6(2)3/h1,5-6H,2-3H3. The van der Waals surface area contributed by atoms with Gasteiger partial charge in [0.2, 0.25) is 0 Å². The number of hydrogen-bond donors (Lipinski definition) is 0. The summed E-state index contributed by atoms with van der Waals surface area (Å²) in [5.74, 6) is 3.41. The Morgan fingerprint density at radius 2 is 2.40 bits per heavy atom. The van der Waals surface area contributed by atoms with Gasteiger partial charge >= 0.3 is 0 Å². The summed E-state index contributed by atoms with van der Waals surface area (Å²) in [4.78, 5) is 4.03. The first-order chi connectivity index (χ1) is 4.74. The second-order valence-corrected chi connectivity index (χ2v) is 2.37. The molecule has 52 valence electrons. The van der Waals surface area contributed by atoms with Crippen LogP contribution < -0.4 is 0 Å². The van der Waals surface area contributed by atoms with E-state index in [1.807, 2.05) is 13.8 Å². The van der Waals surface area contributed by atoms with Crippen molar-refractivity contribution in [3.8, 4) is 12.3 Å². The largest absolute Gasteiger partial charge is 0.447 e. The first kappa shape index (κ1) is 6.88. The molecule has 0 fully saturated rings. The molecule has 0 aliphatic rings. The molecule has 0 unspecified atom stereocenters. The maximum atomic E-state index is 5.09. The number of hydrogen-bond acceptors (Lipinski definition) is 2. The molecule has 0 atom stereocenters. The fraction of sp³-hybridized carbons (Fsp3) is 0.375. The Labute approximate surface area is 60.3 Å². The van der Waals surface area contributed by atoms with E-state index in [4.69, 9.17) is 10.8 Å². The number of rotatable bonds is 1. The van der Waals surface area contributed by atoms with Gasteiger partial charge in [-0.2, -0.15) is 0 Å². The normalized spacial score (nSPS) is 9.80. The third-order valence-electron chi connectivity index (χ3n) is 1.16. The molecule has 0 aromatic carbocycles. The Kier molecular flexibility index (Phi) is 1.77.